The van der Waals surface area contributed by atoms with Gasteiger partial charge in [0.1, 0.15) is 13.2 Å². The van der Waals surface area contributed by atoms with Crippen LogP contribution in [0.15, 0.2) is 48.5 Å². The molecular formula is C22H26N2O4. The smallest absolute Gasteiger partial charge is 0.244 e. The number of likely N-dealkylation sites (N-methyl/N-ethyl adjacent to an activating group) is 1. The number of rotatable bonds is 7. The number of fused-ring (bicyclic) bond motifs is 1. The number of nitrogens with one attached hydrogen (secondary N) is 1. The minimum Gasteiger partial charge on any atom is -0.493 e. The minimum absolute atomic E-state index is 0.151. The van der Waals surface area contributed by atoms with E-state index in [0.29, 0.717) is 37.0 Å². The third-order valence-corrected chi connectivity index (χ3v) is 4.67. The molecule has 0 saturated heterocycles. The van der Waals surface area contributed by atoms with Crippen molar-refractivity contribution in [1.29, 1.82) is 0 Å². The summed E-state index contributed by atoms with van der Waals surface area (Å²) in [4.78, 5) is 14.4. The summed E-state index contributed by atoms with van der Waals surface area (Å²) in [6.07, 6.45) is 3.25. The molecule has 2 aromatic rings. The van der Waals surface area contributed by atoms with Crippen molar-refractivity contribution in [3.05, 3.63) is 54.1 Å². The summed E-state index contributed by atoms with van der Waals surface area (Å²) in [6, 6.07) is 13.9. The average molecular weight is 382 g/mol. The van der Waals surface area contributed by atoms with Gasteiger partial charge in [0.05, 0.1) is 7.11 Å². The first-order valence-electron chi connectivity index (χ1n) is 9.30. The van der Waals surface area contributed by atoms with Crippen LogP contribution in [0.1, 0.15) is 12.5 Å². The molecule has 1 amide bonds. The van der Waals surface area contributed by atoms with E-state index in [2.05, 4.69) is 17.1 Å². The molecule has 1 N–H and O–H groups in total. The number of nitrogens with zero attached hydrogens (tertiary/aromatic N) is 1. The summed E-state index contributed by atoms with van der Waals surface area (Å²) in [5, 5.41) is 2.94. The molecule has 1 heterocycles. The number of amides is 1. The zero-order valence-electron chi connectivity index (χ0n) is 16.5. The molecule has 2 aromatic carbocycles. The van der Waals surface area contributed by atoms with Crippen LogP contribution in [-0.4, -0.2) is 45.9 Å². The first-order chi connectivity index (χ1) is 13.6. The summed E-state index contributed by atoms with van der Waals surface area (Å²) >= 11 is 0. The van der Waals surface area contributed by atoms with Crippen molar-refractivity contribution in [1.82, 2.24) is 5.32 Å². The summed E-state index contributed by atoms with van der Waals surface area (Å²) in [6.45, 7) is 3.61. The van der Waals surface area contributed by atoms with Gasteiger partial charge in [-0.1, -0.05) is 18.2 Å². The molecule has 1 aliphatic heterocycles. The van der Waals surface area contributed by atoms with Crippen LogP contribution in [0.2, 0.25) is 0 Å². The molecule has 0 radical (unpaired) electrons. The second kappa shape index (κ2) is 9.17. The fraction of sp³-hybridized carbons (Fsp3) is 0.318. The Bertz CT molecular complexity index is 819. The van der Waals surface area contributed by atoms with E-state index in [4.69, 9.17) is 14.2 Å². The predicted octanol–water partition coefficient (Wildman–Crippen LogP) is 3.12. The third kappa shape index (κ3) is 4.76. The lowest BCUT2D eigenvalue weighted by Crippen LogP contribution is -2.39. The number of carbonyl (C=O) groups is 1. The molecule has 1 aliphatic rings. The van der Waals surface area contributed by atoms with Crippen molar-refractivity contribution >= 4 is 17.7 Å². The van der Waals surface area contributed by atoms with Gasteiger partial charge in [-0.15, -0.1) is 0 Å². The monoisotopic (exact) mass is 382 g/mol. The van der Waals surface area contributed by atoms with Crippen molar-refractivity contribution in [2.75, 3.05) is 38.8 Å². The molecule has 0 spiro atoms. The van der Waals surface area contributed by atoms with Crippen LogP contribution in [0.3, 0.4) is 0 Å². The van der Waals surface area contributed by atoms with E-state index in [1.807, 2.05) is 49.5 Å². The highest BCUT2D eigenvalue weighted by Gasteiger charge is 2.18. The van der Waals surface area contributed by atoms with E-state index >= 15 is 0 Å². The second-order valence-corrected chi connectivity index (χ2v) is 6.62. The van der Waals surface area contributed by atoms with E-state index < -0.39 is 0 Å². The molecule has 3 rings (SSSR count). The number of methoxy groups -OCH3 is 1. The molecule has 148 valence electrons. The highest BCUT2D eigenvalue weighted by atomic mass is 16.6. The van der Waals surface area contributed by atoms with Crippen molar-refractivity contribution in [3.8, 4) is 17.2 Å². The Kier molecular flexibility index (Phi) is 6.42. The van der Waals surface area contributed by atoms with Gasteiger partial charge in [-0.25, -0.2) is 0 Å². The normalized spacial score (nSPS) is 13.8. The van der Waals surface area contributed by atoms with Gasteiger partial charge >= 0.3 is 0 Å². The Morgan fingerprint density at radius 1 is 1.25 bits per heavy atom. The number of carbonyl (C=O) groups excluding carboxylic acids is 1. The molecular weight excluding hydrogens is 356 g/mol. The second-order valence-electron chi connectivity index (χ2n) is 6.62. The van der Waals surface area contributed by atoms with E-state index in [9.17, 15) is 4.79 Å². The Morgan fingerprint density at radius 3 is 2.75 bits per heavy atom. The van der Waals surface area contributed by atoms with Crippen molar-refractivity contribution in [3.63, 3.8) is 0 Å². The van der Waals surface area contributed by atoms with E-state index in [1.165, 1.54) is 6.08 Å². The number of benzene rings is 2. The van der Waals surface area contributed by atoms with Crippen LogP contribution in [0, 0.1) is 0 Å². The third-order valence-electron chi connectivity index (χ3n) is 4.67. The van der Waals surface area contributed by atoms with E-state index in [0.717, 1.165) is 11.3 Å². The molecule has 1 atom stereocenters. The summed E-state index contributed by atoms with van der Waals surface area (Å²) in [5.41, 5.74) is 1.92. The minimum atomic E-state index is -0.151. The van der Waals surface area contributed by atoms with Crippen LogP contribution in [0.5, 0.6) is 17.2 Å². The Morgan fingerprint density at radius 2 is 2.00 bits per heavy atom. The largest absolute Gasteiger partial charge is 0.493 e. The van der Waals surface area contributed by atoms with E-state index in [-0.39, 0.29) is 11.9 Å². The van der Waals surface area contributed by atoms with Gasteiger partial charge < -0.3 is 24.4 Å². The quantitative estimate of drug-likeness (QED) is 0.746. The maximum absolute atomic E-state index is 12.2. The van der Waals surface area contributed by atoms with Gasteiger partial charge in [-0.2, -0.15) is 0 Å². The number of hydrogen-bond donors (Lipinski definition) is 1. The fourth-order valence-electron chi connectivity index (χ4n) is 2.92. The zero-order chi connectivity index (χ0) is 19.9. The number of hydrogen-bond acceptors (Lipinski definition) is 5. The maximum atomic E-state index is 12.2. The maximum Gasteiger partial charge on any atom is 0.244 e. The van der Waals surface area contributed by atoms with Crippen LogP contribution >= 0.6 is 0 Å². The van der Waals surface area contributed by atoms with Gasteiger partial charge in [-0.3, -0.25) is 4.79 Å². The molecule has 0 fully saturated rings. The first kappa shape index (κ1) is 19.6. The topological polar surface area (TPSA) is 60.0 Å². The SMILES string of the molecule is COc1cc(C=CC(=O)NCC(C)N(C)c2ccccc2)cc2c1OCCO2. The van der Waals surface area contributed by atoms with E-state index in [1.54, 1.807) is 13.2 Å². The summed E-state index contributed by atoms with van der Waals surface area (Å²) in [7, 11) is 3.60. The van der Waals surface area contributed by atoms with Crippen LogP contribution in [0.25, 0.3) is 6.08 Å². The molecule has 6 nitrogen and oxygen atoms in total. The highest BCUT2D eigenvalue weighted by molar-refractivity contribution is 5.92. The van der Waals surface area contributed by atoms with Crippen LogP contribution in [0.4, 0.5) is 5.69 Å². The predicted molar refractivity (Wildman–Crippen MR) is 110 cm³/mol. The van der Waals surface area contributed by atoms with Crippen molar-refractivity contribution in [2.45, 2.75) is 13.0 Å². The molecule has 0 aromatic heterocycles. The van der Waals surface area contributed by atoms with Crippen LogP contribution < -0.4 is 24.4 Å². The summed E-state index contributed by atoms with van der Waals surface area (Å²) in [5.74, 6) is 1.68. The first-order valence-corrected chi connectivity index (χ1v) is 9.30. The Balaban J connectivity index is 1.58. The number of ether oxygens (including phenoxy) is 3. The molecule has 6 heteroatoms. The summed E-state index contributed by atoms with van der Waals surface area (Å²) < 4.78 is 16.6. The number of anilines is 1. The van der Waals surface area contributed by atoms with Crippen molar-refractivity contribution in [2.24, 2.45) is 0 Å². The lowest BCUT2D eigenvalue weighted by Gasteiger charge is -2.27. The van der Waals surface area contributed by atoms with Crippen molar-refractivity contribution < 1.29 is 19.0 Å². The van der Waals surface area contributed by atoms with Gasteiger partial charge in [0.15, 0.2) is 11.5 Å². The van der Waals surface area contributed by atoms with Crippen LogP contribution in [-0.2, 0) is 4.79 Å². The van der Waals surface area contributed by atoms with Gasteiger partial charge in [0.25, 0.3) is 0 Å². The molecule has 0 aliphatic carbocycles. The lowest BCUT2D eigenvalue weighted by atomic mass is 10.1. The molecule has 0 bridgehead atoms. The molecule has 1 unspecified atom stereocenters. The number of para-hydroxylation sites is 1. The van der Waals surface area contributed by atoms with Gasteiger partial charge in [-0.05, 0) is 42.8 Å². The van der Waals surface area contributed by atoms with Gasteiger partial charge in [0, 0.05) is 31.4 Å². The zero-order valence-corrected chi connectivity index (χ0v) is 16.5. The molecule has 28 heavy (non-hydrogen) atoms. The standard InChI is InChI=1S/C22H26N2O4/c1-16(24(2)18-7-5-4-6-8-18)15-23-21(25)10-9-17-13-19(26-3)22-20(14-17)27-11-12-28-22/h4-10,13-14,16H,11-12,15H2,1-3H3,(H,23,25). The molecule has 0 saturated carbocycles. The average Bonchev–Trinajstić information content (AvgIpc) is 2.75. The lowest BCUT2D eigenvalue weighted by molar-refractivity contribution is -0.116. The highest BCUT2D eigenvalue weighted by Crippen LogP contribution is 2.40. The van der Waals surface area contributed by atoms with Gasteiger partial charge in [0.2, 0.25) is 11.7 Å². The Labute approximate surface area is 165 Å². The fourth-order valence-corrected chi connectivity index (χ4v) is 2.92. The Hall–Kier alpha value is -3.15.